The lowest BCUT2D eigenvalue weighted by atomic mass is 10.2. The van der Waals surface area contributed by atoms with Crippen LogP contribution in [-0.4, -0.2) is 26.6 Å². The molecule has 2 aromatic rings. The molecule has 0 aromatic heterocycles. The number of hydrogen-bond donors (Lipinski definition) is 2. The number of hydrogen-bond acceptors (Lipinski definition) is 4. The van der Waals surface area contributed by atoms with Crippen molar-refractivity contribution in [2.24, 2.45) is 0 Å². The number of nitrogens with one attached hydrogen (secondary N) is 1. The summed E-state index contributed by atoms with van der Waals surface area (Å²) in [4.78, 5) is 10.1. The molecule has 23 heavy (non-hydrogen) atoms. The van der Waals surface area contributed by atoms with Gasteiger partial charge in [0, 0.05) is 6.07 Å². The quantitative estimate of drug-likeness (QED) is 0.870. The van der Waals surface area contributed by atoms with E-state index < -0.39 is 32.5 Å². The molecule has 9 heteroatoms. The van der Waals surface area contributed by atoms with E-state index in [1.165, 1.54) is 13.2 Å². The van der Waals surface area contributed by atoms with E-state index in [1.54, 1.807) is 0 Å². The fourth-order valence-corrected chi connectivity index (χ4v) is 2.97. The Morgan fingerprint density at radius 1 is 1.22 bits per heavy atom. The standard InChI is InChI=1S/C14H11F2NO5S/c1-22-11-7-8(5-6-9(11)14(18)19)17-23(20,21)12-4-2-3-10(15)13(12)16/h2-7,17H,1H3,(H,18,19). The molecule has 0 amide bonds. The summed E-state index contributed by atoms with van der Waals surface area (Å²) < 4.78 is 57.9. The second kappa shape index (κ2) is 6.21. The fourth-order valence-electron chi connectivity index (χ4n) is 1.83. The number of rotatable bonds is 5. The molecule has 0 aliphatic carbocycles. The van der Waals surface area contributed by atoms with Gasteiger partial charge >= 0.3 is 5.97 Å². The molecule has 0 aliphatic heterocycles. The predicted octanol–water partition coefficient (Wildman–Crippen LogP) is 2.47. The van der Waals surface area contributed by atoms with Gasteiger partial charge in [-0.3, -0.25) is 4.72 Å². The van der Waals surface area contributed by atoms with E-state index in [0.717, 1.165) is 30.3 Å². The fraction of sp³-hybridized carbons (Fsp3) is 0.0714. The van der Waals surface area contributed by atoms with Crippen molar-refractivity contribution in [2.75, 3.05) is 11.8 Å². The number of carbonyl (C=O) groups is 1. The molecule has 0 radical (unpaired) electrons. The van der Waals surface area contributed by atoms with Crippen molar-refractivity contribution in [1.82, 2.24) is 0 Å². The number of sulfonamides is 1. The van der Waals surface area contributed by atoms with E-state index >= 15 is 0 Å². The van der Waals surface area contributed by atoms with Gasteiger partial charge in [-0.2, -0.15) is 0 Å². The van der Waals surface area contributed by atoms with Crippen molar-refractivity contribution >= 4 is 21.7 Å². The van der Waals surface area contributed by atoms with Crippen LogP contribution in [0.3, 0.4) is 0 Å². The summed E-state index contributed by atoms with van der Waals surface area (Å²) in [5.41, 5.74) is -0.233. The van der Waals surface area contributed by atoms with Crippen LogP contribution < -0.4 is 9.46 Å². The van der Waals surface area contributed by atoms with Gasteiger partial charge in [0.2, 0.25) is 0 Å². The lowest BCUT2D eigenvalue weighted by Gasteiger charge is -2.11. The molecule has 0 unspecified atom stereocenters. The van der Waals surface area contributed by atoms with Gasteiger partial charge in [0.1, 0.15) is 16.2 Å². The van der Waals surface area contributed by atoms with Gasteiger partial charge in [0.25, 0.3) is 10.0 Å². The number of methoxy groups -OCH3 is 1. The van der Waals surface area contributed by atoms with Gasteiger partial charge in [-0.15, -0.1) is 0 Å². The first-order valence-electron chi connectivity index (χ1n) is 6.14. The maximum absolute atomic E-state index is 13.6. The Bertz CT molecular complexity index is 867. The van der Waals surface area contributed by atoms with Crippen LogP contribution in [0.1, 0.15) is 10.4 Å². The SMILES string of the molecule is COc1cc(NS(=O)(=O)c2cccc(F)c2F)ccc1C(=O)O. The number of carboxylic acid groups (broad SMARTS) is 1. The highest BCUT2D eigenvalue weighted by Crippen LogP contribution is 2.26. The molecule has 0 spiro atoms. The minimum atomic E-state index is -4.39. The summed E-state index contributed by atoms with van der Waals surface area (Å²) in [5.74, 6) is -4.15. The number of halogens is 2. The Morgan fingerprint density at radius 3 is 2.52 bits per heavy atom. The number of benzene rings is 2. The Kier molecular flexibility index (Phi) is 4.50. The second-order valence-electron chi connectivity index (χ2n) is 4.38. The summed E-state index contributed by atoms with van der Waals surface area (Å²) in [5, 5.41) is 8.96. The van der Waals surface area contributed by atoms with E-state index in [1.807, 2.05) is 4.72 Å². The van der Waals surface area contributed by atoms with Gasteiger partial charge in [-0.05, 0) is 24.3 Å². The van der Waals surface area contributed by atoms with Gasteiger partial charge in [0.15, 0.2) is 11.6 Å². The monoisotopic (exact) mass is 343 g/mol. The minimum absolute atomic E-state index is 0.0597. The second-order valence-corrected chi connectivity index (χ2v) is 6.03. The third-order valence-corrected chi connectivity index (χ3v) is 4.29. The highest BCUT2D eigenvalue weighted by molar-refractivity contribution is 7.92. The Hall–Kier alpha value is -2.68. The van der Waals surface area contributed by atoms with Crippen molar-refractivity contribution in [2.45, 2.75) is 4.90 Å². The van der Waals surface area contributed by atoms with Crippen LogP contribution >= 0.6 is 0 Å². The van der Waals surface area contributed by atoms with E-state index in [4.69, 9.17) is 9.84 Å². The van der Waals surface area contributed by atoms with Crippen LogP contribution in [0, 0.1) is 11.6 Å². The van der Waals surface area contributed by atoms with E-state index in [-0.39, 0.29) is 17.0 Å². The molecule has 0 bridgehead atoms. The molecule has 0 fully saturated rings. The van der Waals surface area contributed by atoms with Crippen LogP contribution in [-0.2, 0) is 10.0 Å². The van der Waals surface area contributed by atoms with Crippen LogP contribution in [0.25, 0.3) is 0 Å². The number of carboxylic acids is 1. The molecule has 2 rings (SSSR count). The number of anilines is 1. The third kappa shape index (κ3) is 3.39. The zero-order valence-corrected chi connectivity index (χ0v) is 12.5. The van der Waals surface area contributed by atoms with Crippen molar-refractivity contribution in [3.8, 4) is 5.75 Å². The zero-order valence-electron chi connectivity index (χ0n) is 11.7. The summed E-state index contributed by atoms with van der Waals surface area (Å²) in [7, 11) is -3.18. The molecule has 0 atom stereocenters. The summed E-state index contributed by atoms with van der Waals surface area (Å²) in [6.07, 6.45) is 0. The van der Waals surface area contributed by atoms with E-state index in [9.17, 15) is 22.0 Å². The Morgan fingerprint density at radius 2 is 1.91 bits per heavy atom. The first-order valence-corrected chi connectivity index (χ1v) is 7.62. The van der Waals surface area contributed by atoms with Crippen LogP contribution in [0.4, 0.5) is 14.5 Å². The Labute approximate surface area is 130 Å². The highest BCUT2D eigenvalue weighted by Gasteiger charge is 2.22. The molecule has 122 valence electrons. The van der Waals surface area contributed by atoms with Crippen molar-refractivity contribution in [3.05, 3.63) is 53.6 Å². The van der Waals surface area contributed by atoms with Crippen molar-refractivity contribution < 1.29 is 31.8 Å². The van der Waals surface area contributed by atoms with Crippen molar-refractivity contribution in [3.63, 3.8) is 0 Å². The molecule has 2 N–H and O–H groups in total. The molecule has 0 saturated carbocycles. The van der Waals surface area contributed by atoms with E-state index in [2.05, 4.69) is 0 Å². The molecular weight excluding hydrogens is 332 g/mol. The Balaban J connectivity index is 2.42. The molecule has 2 aromatic carbocycles. The molecule has 0 heterocycles. The minimum Gasteiger partial charge on any atom is -0.496 e. The van der Waals surface area contributed by atoms with Crippen molar-refractivity contribution in [1.29, 1.82) is 0 Å². The van der Waals surface area contributed by atoms with Gasteiger partial charge in [-0.25, -0.2) is 22.0 Å². The normalized spacial score (nSPS) is 11.1. The molecular formula is C14H11F2NO5S. The van der Waals surface area contributed by atoms with Crippen LogP contribution in [0.15, 0.2) is 41.3 Å². The maximum atomic E-state index is 13.6. The average molecular weight is 343 g/mol. The van der Waals surface area contributed by atoms with Crippen LogP contribution in [0.2, 0.25) is 0 Å². The summed E-state index contributed by atoms with van der Waals surface area (Å²) >= 11 is 0. The zero-order chi connectivity index (χ0) is 17.2. The smallest absolute Gasteiger partial charge is 0.339 e. The van der Waals surface area contributed by atoms with Gasteiger partial charge < -0.3 is 9.84 Å². The topological polar surface area (TPSA) is 92.7 Å². The lowest BCUT2D eigenvalue weighted by molar-refractivity contribution is 0.0693. The predicted molar refractivity (Wildman–Crippen MR) is 77.1 cm³/mol. The molecule has 0 saturated heterocycles. The lowest BCUT2D eigenvalue weighted by Crippen LogP contribution is -2.15. The van der Waals surface area contributed by atoms with Crippen LogP contribution in [0.5, 0.6) is 5.75 Å². The van der Waals surface area contributed by atoms with Gasteiger partial charge in [-0.1, -0.05) is 6.07 Å². The largest absolute Gasteiger partial charge is 0.496 e. The molecule has 6 nitrogen and oxygen atoms in total. The highest BCUT2D eigenvalue weighted by atomic mass is 32.2. The van der Waals surface area contributed by atoms with Gasteiger partial charge in [0.05, 0.1) is 12.8 Å². The van der Waals surface area contributed by atoms with E-state index in [0.29, 0.717) is 0 Å². The first-order chi connectivity index (χ1) is 10.8. The summed E-state index contributed by atoms with van der Waals surface area (Å²) in [6, 6.07) is 6.17. The number of ether oxygens (including phenoxy) is 1. The summed E-state index contributed by atoms with van der Waals surface area (Å²) in [6.45, 7) is 0. The molecule has 0 aliphatic rings. The number of aromatic carboxylic acids is 1. The average Bonchev–Trinajstić information content (AvgIpc) is 2.49. The third-order valence-electron chi connectivity index (χ3n) is 2.89. The maximum Gasteiger partial charge on any atom is 0.339 e. The first kappa shape index (κ1) is 16.7.